The zero-order valence-electron chi connectivity index (χ0n) is 11.2. The Bertz CT molecular complexity index is 522. The summed E-state index contributed by atoms with van der Waals surface area (Å²) in [6.07, 6.45) is 0.689. The molecule has 1 saturated heterocycles. The quantitative estimate of drug-likeness (QED) is 0.656. The molecule has 0 radical (unpaired) electrons. The molecule has 1 aromatic rings. The van der Waals surface area contributed by atoms with Crippen molar-refractivity contribution in [2.75, 3.05) is 32.9 Å². The van der Waals surface area contributed by atoms with Crippen LogP contribution in [0.5, 0.6) is 0 Å². The first kappa shape index (κ1) is 13.5. The van der Waals surface area contributed by atoms with Crippen LogP contribution in [0.4, 0.5) is 5.69 Å². The standard InChI is InChI=1S/C14H18N2O4/c17-8-14(9-20-10-14)7-15-5-4-12-11(6-15)2-1-3-13(12)16(18)19/h1-3,17H,4-10H2. The van der Waals surface area contributed by atoms with Crippen molar-refractivity contribution in [2.45, 2.75) is 13.0 Å². The minimum Gasteiger partial charge on any atom is -0.396 e. The highest BCUT2D eigenvalue weighted by Crippen LogP contribution is 2.32. The van der Waals surface area contributed by atoms with Gasteiger partial charge in [-0.2, -0.15) is 0 Å². The first-order valence-corrected chi connectivity index (χ1v) is 6.80. The fraction of sp³-hybridized carbons (Fsp3) is 0.571. The molecule has 1 N–H and O–H groups in total. The van der Waals surface area contributed by atoms with E-state index in [1.54, 1.807) is 12.1 Å². The first-order valence-electron chi connectivity index (χ1n) is 6.80. The number of aliphatic hydroxyl groups excluding tert-OH is 1. The second-order valence-electron chi connectivity index (χ2n) is 5.78. The van der Waals surface area contributed by atoms with Crippen molar-refractivity contribution in [2.24, 2.45) is 5.41 Å². The molecule has 0 aliphatic carbocycles. The lowest BCUT2D eigenvalue weighted by molar-refractivity contribution is -0.385. The van der Waals surface area contributed by atoms with Gasteiger partial charge in [0.2, 0.25) is 0 Å². The van der Waals surface area contributed by atoms with E-state index in [0.29, 0.717) is 26.2 Å². The van der Waals surface area contributed by atoms with Crippen molar-refractivity contribution in [1.82, 2.24) is 4.90 Å². The van der Waals surface area contributed by atoms with Crippen molar-refractivity contribution in [3.8, 4) is 0 Å². The Kier molecular flexibility index (Phi) is 3.45. The largest absolute Gasteiger partial charge is 0.396 e. The van der Waals surface area contributed by atoms with Gasteiger partial charge >= 0.3 is 0 Å². The van der Waals surface area contributed by atoms with Crippen molar-refractivity contribution >= 4 is 5.69 Å². The lowest BCUT2D eigenvalue weighted by Crippen LogP contribution is -2.53. The van der Waals surface area contributed by atoms with Crippen LogP contribution in [-0.2, 0) is 17.7 Å². The average molecular weight is 278 g/mol. The third-order valence-electron chi connectivity index (χ3n) is 4.23. The number of ether oxygens (including phenoxy) is 1. The third-order valence-corrected chi connectivity index (χ3v) is 4.23. The van der Waals surface area contributed by atoms with Crippen LogP contribution in [0.25, 0.3) is 0 Å². The highest BCUT2D eigenvalue weighted by Gasteiger charge is 2.40. The number of aliphatic hydroxyl groups is 1. The maximum absolute atomic E-state index is 11.0. The Morgan fingerprint density at radius 3 is 2.85 bits per heavy atom. The molecule has 0 unspecified atom stereocenters. The monoisotopic (exact) mass is 278 g/mol. The molecule has 0 spiro atoms. The highest BCUT2D eigenvalue weighted by atomic mass is 16.6. The van der Waals surface area contributed by atoms with Gasteiger partial charge in [-0.3, -0.25) is 15.0 Å². The summed E-state index contributed by atoms with van der Waals surface area (Å²) >= 11 is 0. The predicted molar refractivity (Wildman–Crippen MR) is 72.4 cm³/mol. The highest BCUT2D eigenvalue weighted by molar-refractivity contribution is 5.46. The summed E-state index contributed by atoms with van der Waals surface area (Å²) in [6.45, 7) is 3.61. The summed E-state index contributed by atoms with van der Waals surface area (Å²) in [6, 6.07) is 5.27. The van der Waals surface area contributed by atoms with E-state index in [4.69, 9.17) is 4.74 Å². The number of nitrogens with zero attached hydrogens (tertiary/aromatic N) is 2. The third kappa shape index (κ3) is 2.30. The Balaban J connectivity index is 1.76. The molecule has 3 rings (SSSR count). The molecule has 108 valence electrons. The van der Waals surface area contributed by atoms with Gasteiger partial charge in [-0.25, -0.2) is 0 Å². The van der Waals surface area contributed by atoms with Gasteiger partial charge in [0.05, 0.1) is 30.2 Å². The number of benzene rings is 1. The molecule has 0 atom stereocenters. The van der Waals surface area contributed by atoms with Gasteiger partial charge in [0, 0.05) is 31.3 Å². The first-order chi connectivity index (χ1) is 9.63. The van der Waals surface area contributed by atoms with Crippen LogP contribution in [0, 0.1) is 15.5 Å². The van der Waals surface area contributed by atoms with Gasteiger partial charge in [-0.1, -0.05) is 12.1 Å². The van der Waals surface area contributed by atoms with E-state index in [9.17, 15) is 15.2 Å². The van der Waals surface area contributed by atoms with Crippen molar-refractivity contribution < 1.29 is 14.8 Å². The molecule has 1 fully saturated rings. The van der Waals surface area contributed by atoms with E-state index >= 15 is 0 Å². The lowest BCUT2D eigenvalue weighted by Gasteiger charge is -2.44. The molecule has 0 bridgehead atoms. The number of rotatable bonds is 4. The van der Waals surface area contributed by atoms with Crippen molar-refractivity contribution in [1.29, 1.82) is 0 Å². The molecule has 6 heteroatoms. The Morgan fingerprint density at radius 2 is 2.25 bits per heavy atom. The number of hydrogen-bond donors (Lipinski definition) is 1. The Hall–Kier alpha value is -1.50. The minimum atomic E-state index is -0.302. The number of hydrogen-bond acceptors (Lipinski definition) is 5. The van der Waals surface area contributed by atoms with E-state index < -0.39 is 0 Å². The predicted octanol–water partition coefficient (Wildman–Crippen LogP) is 0.962. The Labute approximate surface area is 117 Å². The van der Waals surface area contributed by atoms with Gasteiger partial charge in [0.25, 0.3) is 5.69 Å². The van der Waals surface area contributed by atoms with Crippen LogP contribution >= 0.6 is 0 Å². The van der Waals surface area contributed by atoms with Crippen molar-refractivity contribution in [3.05, 3.63) is 39.4 Å². The summed E-state index contributed by atoms with van der Waals surface area (Å²) in [5.41, 5.74) is 1.97. The fourth-order valence-electron chi connectivity index (χ4n) is 3.05. The normalized spacial score (nSPS) is 21.1. The van der Waals surface area contributed by atoms with E-state index in [1.807, 2.05) is 6.07 Å². The smallest absolute Gasteiger partial charge is 0.272 e. The summed E-state index contributed by atoms with van der Waals surface area (Å²) in [5, 5.41) is 20.5. The van der Waals surface area contributed by atoms with E-state index in [2.05, 4.69) is 4.90 Å². The molecule has 20 heavy (non-hydrogen) atoms. The second-order valence-corrected chi connectivity index (χ2v) is 5.78. The molecular weight excluding hydrogens is 260 g/mol. The fourth-order valence-corrected chi connectivity index (χ4v) is 3.05. The number of nitro groups is 1. The Morgan fingerprint density at radius 1 is 1.45 bits per heavy atom. The zero-order chi connectivity index (χ0) is 14.2. The van der Waals surface area contributed by atoms with Crippen LogP contribution < -0.4 is 0 Å². The van der Waals surface area contributed by atoms with Crippen LogP contribution in [0.3, 0.4) is 0 Å². The van der Waals surface area contributed by atoms with E-state index in [1.165, 1.54) is 0 Å². The number of nitro benzene ring substituents is 1. The van der Waals surface area contributed by atoms with Gasteiger partial charge in [-0.05, 0) is 12.0 Å². The van der Waals surface area contributed by atoms with E-state index in [0.717, 1.165) is 24.2 Å². The average Bonchev–Trinajstić information content (AvgIpc) is 2.41. The summed E-state index contributed by atoms with van der Waals surface area (Å²) in [5.74, 6) is 0. The molecule has 0 saturated carbocycles. The molecule has 2 aliphatic rings. The van der Waals surface area contributed by atoms with Gasteiger partial charge < -0.3 is 9.84 Å². The lowest BCUT2D eigenvalue weighted by atomic mass is 9.85. The van der Waals surface area contributed by atoms with Crippen LogP contribution in [-0.4, -0.2) is 47.8 Å². The van der Waals surface area contributed by atoms with Crippen LogP contribution in [0.15, 0.2) is 18.2 Å². The maximum atomic E-state index is 11.0. The van der Waals surface area contributed by atoms with Gasteiger partial charge in [0.15, 0.2) is 0 Å². The molecule has 6 nitrogen and oxygen atoms in total. The molecule has 2 aliphatic heterocycles. The van der Waals surface area contributed by atoms with Gasteiger partial charge in [-0.15, -0.1) is 0 Å². The zero-order valence-corrected chi connectivity index (χ0v) is 11.2. The number of fused-ring (bicyclic) bond motifs is 1. The molecule has 1 aromatic carbocycles. The molecule has 0 aromatic heterocycles. The minimum absolute atomic E-state index is 0.130. The second kappa shape index (κ2) is 5.12. The maximum Gasteiger partial charge on any atom is 0.272 e. The summed E-state index contributed by atoms with van der Waals surface area (Å²) in [7, 11) is 0. The van der Waals surface area contributed by atoms with Crippen LogP contribution in [0.1, 0.15) is 11.1 Å². The van der Waals surface area contributed by atoms with Crippen LogP contribution in [0.2, 0.25) is 0 Å². The molecular formula is C14H18N2O4. The summed E-state index contributed by atoms with van der Waals surface area (Å²) in [4.78, 5) is 13.0. The summed E-state index contributed by atoms with van der Waals surface area (Å²) < 4.78 is 5.21. The van der Waals surface area contributed by atoms with Gasteiger partial charge in [0.1, 0.15) is 0 Å². The van der Waals surface area contributed by atoms with E-state index in [-0.39, 0.29) is 22.6 Å². The SMILES string of the molecule is O=[N+]([O-])c1cccc2c1CCN(CC1(CO)COC1)C2. The van der Waals surface area contributed by atoms with Crippen molar-refractivity contribution in [3.63, 3.8) is 0 Å². The topological polar surface area (TPSA) is 75.8 Å². The molecule has 2 heterocycles. The molecule has 0 amide bonds.